The number of hydrogen-bond donors (Lipinski definition) is 1. The molecule has 1 N–H and O–H groups in total. The van der Waals surface area contributed by atoms with E-state index in [1.807, 2.05) is 61.5 Å². The molecule has 0 aliphatic heterocycles. The summed E-state index contributed by atoms with van der Waals surface area (Å²) in [5, 5.41) is 10.4. The molecule has 136 valence electrons. The number of carbonyl (C=O) groups is 1. The zero-order valence-electron chi connectivity index (χ0n) is 15.5. The van der Waals surface area contributed by atoms with Gasteiger partial charge in [0.2, 0.25) is 0 Å². The Bertz CT molecular complexity index is 1180. The minimum Gasteiger partial charge on any atom is -0.508 e. The number of fused-ring (bicyclic) bond motifs is 1. The van der Waals surface area contributed by atoms with Crippen molar-refractivity contribution in [2.45, 2.75) is 6.92 Å². The Labute approximate surface area is 163 Å². The standard InChI is InChI=1S/C25H19NO2/c1-17-24(23(28)16-13-18-11-14-20(27)15-12-18)25(19-7-3-2-4-8-19)21-9-5-6-10-22(21)26-17/h2-16,27H,1H3/b16-13+. The molecule has 1 heterocycles. The molecule has 0 spiro atoms. The summed E-state index contributed by atoms with van der Waals surface area (Å²) in [5.41, 5.74) is 4.93. The predicted octanol–water partition coefficient (Wildman–Crippen LogP) is 5.81. The highest BCUT2D eigenvalue weighted by molar-refractivity contribution is 6.16. The molecule has 0 aliphatic carbocycles. The first-order chi connectivity index (χ1) is 13.6. The second-order valence-corrected chi connectivity index (χ2v) is 6.62. The largest absolute Gasteiger partial charge is 0.508 e. The number of aryl methyl sites for hydroxylation is 1. The highest BCUT2D eigenvalue weighted by atomic mass is 16.3. The Morgan fingerprint density at radius 3 is 2.32 bits per heavy atom. The van der Waals surface area contributed by atoms with Crippen molar-refractivity contribution in [3.8, 4) is 16.9 Å². The number of ketones is 1. The maximum absolute atomic E-state index is 13.2. The van der Waals surface area contributed by atoms with Crippen LogP contribution < -0.4 is 0 Å². The number of phenolic OH excluding ortho intramolecular Hbond substituents is 1. The van der Waals surface area contributed by atoms with Crippen LogP contribution in [-0.4, -0.2) is 15.9 Å². The number of allylic oxidation sites excluding steroid dienone is 1. The molecule has 4 aromatic rings. The second kappa shape index (κ2) is 7.49. The molecule has 0 fully saturated rings. The number of rotatable bonds is 4. The first-order valence-corrected chi connectivity index (χ1v) is 9.10. The SMILES string of the molecule is Cc1nc2ccccc2c(-c2ccccc2)c1C(=O)/C=C/c1ccc(O)cc1. The van der Waals surface area contributed by atoms with Crippen LogP contribution in [0.15, 0.2) is 84.9 Å². The van der Waals surface area contributed by atoms with E-state index in [-0.39, 0.29) is 11.5 Å². The van der Waals surface area contributed by atoms with Crippen LogP contribution in [-0.2, 0) is 0 Å². The Hall–Kier alpha value is -3.72. The summed E-state index contributed by atoms with van der Waals surface area (Å²) in [5.74, 6) is 0.104. The van der Waals surface area contributed by atoms with E-state index >= 15 is 0 Å². The van der Waals surface area contributed by atoms with Crippen molar-refractivity contribution in [1.82, 2.24) is 4.98 Å². The Balaban J connectivity index is 1.87. The van der Waals surface area contributed by atoms with Crippen LogP contribution in [0.4, 0.5) is 0 Å². The van der Waals surface area contributed by atoms with E-state index in [2.05, 4.69) is 4.98 Å². The van der Waals surface area contributed by atoms with Crippen molar-refractivity contribution in [3.05, 3.63) is 102 Å². The molecule has 0 atom stereocenters. The molecule has 3 nitrogen and oxygen atoms in total. The topological polar surface area (TPSA) is 50.2 Å². The van der Waals surface area contributed by atoms with Crippen LogP contribution in [0.1, 0.15) is 21.6 Å². The van der Waals surface area contributed by atoms with E-state index in [0.29, 0.717) is 11.3 Å². The van der Waals surface area contributed by atoms with Crippen molar-refractivity contribution >= 4 is 22.8 Å². The van der Waals surface area contributed by atoms with Crippen LogP contribution in [0.3, 0.4) is 0 Å². The third kappa shape index (κ3) is 3.42. The number of aromatic nitrogens is 1. The third-order valence-electron chi connectivity index (χ3n) is 4.70. The van der Waals surface area contributed by atoms with Crippen molar-refractivity contribution in [1.29, 1.82) is 0 Å². The van der Waals surface area contributed by atoms with E-state index in [0.717, 1.165) is 27.6 Å². The number of benzene rings is 3. The van der Waals surface area contributed by atoms with Crippen molar-refractivity contribution in [2.24, 2.45) is 0 Å². The Morgan fingerprint density at radius 1 is 0.893 bits per heavy atom. The zero-order valence-corrected chi connectivity index (χ0v) is 15.5. The van der Waals surface area contributed by atoms with Gasteiger partial charge in [-0.1, -0.05) is 66.7 Å². The van der Waals surface area contributed by atoms with Gasteiger partial charge in [0.25, 0.3) is 0 Å². The van der Waals surface area contributed by atoms with Crippen LogP contribution in [0.2, 0.25) is 0 Å². The smallest absolute Gasteiger partial charge is 0.188 e. The molecule has 3 aromatic carbocycles. The molecule has 0 aliphatic rings. The molecule has 0 unspecified atom stereocenters. The van der Waals surface area contributed by atoms with Crippen molar-refractivity contribution in [2.75, 3.05) is 0 Å². The van der Waals surface area contributed by atoms with Gasteiger partial charge in [-0.2, -0.15) is 0 Å². The maximum atomic E-state index is 13.2. The zero-order chi connectivity index (χ0) is 19.5. The monoisotopic (exact) mass is 365 g/mol. The summed E-state index contributed by atoms with van der Waals surface area (Å²) in [7, 11) is 0. The van der Waals surface area contributed by atoms with Crippen molar-refractivity contribution in [3.63, 3.8) is 0 Å². The molecule has 0 saturated carbocycles. The molecule has 0 saturated heterocycles. The van der Waals surface area contributed by atoms with Gasteiger partial charge in [0.15, 0.2) is 5.78 Å². The number of nitrogens with zero attached hydrogens (tertiary/aromatic N) is 1. The van der Waals surface area contributed by atoms with Gasteiger partial charge in [-0.05, 0) is 42.3 Å². The number of aromatic hydroxyl groups is 1. The van der Waals surface area contributed by atoms with Gasteiger partial charge in [0.05, 0.1) is 11.1 Å². The number of para-hydroxylation sites is 1. The fourth-order valence-electron chi connectivity index (χ4n) is 3.38. The molecule has 0 amide bonds. The van der Waals surface area contributed by atoms with Crippen LogP contribution in [0.25, 0.3) is 28.1 Å². The fourth-order valence-corrected chi connectivity index (χ4v) is 3.38. The number of phenols is 1. The highest BCUT2D eigenvalue weighted by Gasteiger charge is 2.18. The van der Waals surface area contributed by atoms with Gasteiger partial charge in [-0.25, -0.2) is 0 Å². The molecule has 3 heteroatoms. The number of hydrogen-bond acceptors (Lipinski definition) is 3. The van der Waals surface area contributed by atoms with Gasteiger partial charge in [-0.3, -0.25) is 9.78 Å². The second-order valence-electron chi connectivity index (χ2n) is 6.62. The molecule has 28 heavy (non-hydrogen) atoms. The Morgan fingerprint density at radius 2 is 1.57 bits per heavy atom. The summed E-state index contributed by atoms with van der Waals surface area (Å²) < 4.78 is 0. The first-order valence-electron chi connectivity index (χ1n) is 9.10. The van der Waals surface area contributed by atoms with E-state index in [1.165, 1.54) is 0 Å². The number of pyridine rings is 1. The quantitative estimate of drug-likeness (QED) is 0.367. The minimum absolute atomic E-state index is 0.0947. The van der Waals surface area contributed by atoms with E-state index in [4.69, 9.17) is 0 Å². The molecule has 1 aromatic heterocycles. The van der Waals surface area contributed by atoms with Crippen LogP contribution in [0.5, 0.6) is 5.75 Å². The van der Waals surface area contributed by atoms with Crippen LogP contribution in [0, 0.1) is 6.92 Å². The van der Waals surface area contributed by atoms with Crippen molar-refractivity contribution < 1.29 is 9.90 Å². The van der Waals surface area contributed by atoms with Gasteiger partial charge in [-0.15, -0.1) is 0 Å². The minimum atomic E-state index is -0.0947. The summed E-state index contributed by atoms with van der Waals surface area (Å²) in [4.78, 5) is 17.8. The average molecular weight is 365 g/mol. The summed E-state index contributed by atoms with van der Waals surface area (Å²) in [6.45, 7) is 1.88. The lowest BCUT2D eigenvalue weighted by Gasteiger charge is -2.14. The Kier molecular flexibility index (Phi) is 4.73. The normalized spacial score (nSPS) is 11.2. The maximum Gasteiger partial charge on any atom is 0.188 e. The fraction of sp³-hybridized carbons (Fsp3) is 0.0400. The number of carbonyl (C=O) groups excluding carboxylic acids is 1. The van der Waals surface area contributed by atoms with Crippen LogP contribution >= 0.6 is 0 Å². The molecule has 0 bridgehead atoms. The molecule has 0 radical (unpaired) electrons. The van der Waals surface area contributed by atoms with Gasteiger partial charge in [0.1, 0.15) is 5.75 Å². The average Bonchev–Trinajstić information content (AvgIpc) is 2.72. The summed E-state index contributed by atoms with van der Waals surface area (Å²) >= 11 is 0. The first kappa shape index (κ1) is 17.7. The highest BCUT2D eigenvalue weighted by Crippen LogP contribution is 2.33. The molecular weight excluding hydrogens is 346 g/mol. The lowest BCUT2D eigenvalue weighted by molar-refractivity contribution is 0.104. The van der Waals surface area contributed by atoms with Gasteiger partial charge >= 0.3 is 0 Å². The lowest BCUT2D eigenvalue weighted by Crippen LogP contribution is -2.05. The summed E-state index contributed by atoms with van der Waals surface area (Å²) in [6, 6.07) is 24.6. The van der Waals surface area contributed by atoms with E-state index < -0.39 is 0 Å². The lowest BCUT2D eigenvalue weighted by atomic mass is 9.92. The van der Waals surface area contributed by atoms with Gasteiger partial charge in [0, 0.05) is 16.6 Å². The van der Waals surface area contributed by atoms with Gasteiger partial charge < -0.3 is 5.11 Å². The third-order valence-corrected chi connectivity index (χ3v) is 4.70. The van der Waals surface area contributed by atoms with E-state index in [9.17, 15) is 9.90 Å². The molecular formula is C25H19NO2. The van der Waals surface area contributed by atoms with E-state index in [1.54, 1.807) is 36.4 Å². The molecule has 4 rings (SSSR count). The predicted molar refractivity (Wildman–Crippen MR) is 113 cm³/mol. The summed E-state index contributed by atoms with van der Waals surface area (Å²) in [6.07, 6.45) is 3.32.